The molecule has 210 valence electrons. The first-order chi connectivity index (χ1) is 18.6. The molecule has 2 N–H and O–H groups in total. The third-order valence-corrected chi connectivity index (χ3v) is 6.35. The number of rotatable bonds is 11. The van der Waals surface area contributed by atoms with E-state index in [2.05, 4.69) is 5.32 Å². The molecule has 0 aromatic heterocycles. The first-order valence-corrected chi connectivity index (χ1v) is 13.1. The molecule has 0 radical (unpaired) electrons. The zero-order chi connectivity index (χ0) is 28.0. The summed E-state index contributed by atoms with van der Waals surface area (Å²) in [4.78, 5) is 31.1. The molecule has 2 aliphatic rings. The zero-order valence-corrected chi connectivity index (χ0v) is 22.8. The lowest BCUT2D eigenvalue weighted by atomic mass is 9.87. The molecule has 10 heteroatoms. The number of esters is 1. The molecule has 0 fully saturated rings. The molecular weight excluding hydrogens is 504 g/mol. The Hall–Kier alpha value is -3.79. The molecule has 0 unspecified atom stereocenters. The molecule has 4 rings (SSSR count). The van der Waals surface area contributed by atoms with E-state index in [0.717, 1.165) is 5.56 Å². The highest BCUT2D eigenvalue weighted by atomic mass is 16.7. The topological polar surface area (TPSA) is 125 Å². The SMILES string of the molecule is C[C@H]1OC(c2ccc(OCCCO)cc2)=N[C@@]1(CCC(=O)OC(C)(C)C)C(=O)NCc1ccc2c(c1)OCO2. The highest BCUT2D eigenvalue weighted by molar-refractivity contribution is 6.00. The number of nitrogens with one attached hydrogen (secondary N) is 1. The minimum Gasteiger partial charge on any atom is -0.494 e. The van der Waals surface area contributed by atoms with Crippen LogP contribution in [0.15, 0.2) is 47.5 Å². The predicted octanol–water partition coefficient (Wildman–Crippen LogP) is 3.52. The van der Waals surface area contributed by atoms with Gasteiger partial charge in [-0.15, -0.1) is 0 Å². The molecule has 2 aromatic carbocycles. The van der Waals surface area contributed by atoms with Crippen LogP contribution >= 0.6 is 0 Å². The summed E-state index contributed by atoms with van der Waals surface area (Å²) in [5.74, 6) is 1.49. The molecule has 0 bridgehead atoms. The number of ether oxygens (including phenoxy) is 5. The van der Waals surface area contributed by atoms with E-state index in [9.17, 15) is 9.59 Å². The van der Waals surface area contributed by atoms with Gasteiger partial charge in [-0.1, -0.05) is 6.07 Å². The van der Waals surface area contributed by atoms with Crippen molar-refractivity contribution >= 4 is 17.8 Å². The maximum absolute atomic E-state index is 13.7. The van der Waals surface area contributed by atoms with Gasteiger partial charge in [-0.05, 0) is 76.1 Å². The number of aliphatic imine (C=N–C) groups is 1. The number of hydrogen-bond acceptors (Lipinski definition) is 9. The van der Waals surface area contributed by atoms with E-state index in [4.69, 9.17) is 33.8 Å². The Kier molecular flexibility index (Phi) is 8.64. The van der Waals surface area contributed by atoms with Crippen LogP contribution in [-0.4, -0.2) is 60.1 Å². The number of carbonyl (C=O) groups excluding carboxylic acids is 2. The quantitative estimate of drug-likeness (QED) is 0.328. The van der Waals surface area contributed by atoms with Crippen molar-refractivity contribution in [2.75, 3.05) is 20.0 Å². The third kappa shape index (κ3) is 7.00. The van der Waals surface area contributed by atoms with Gasteiger partial charge in [0.25, 0.3) is 5.91 Å². The summed E-state index contributed by atoms with van der Waals surface area (Å²) in [5, 5.41) is 11.9. The van der Waals surface area contributed by atoms with Crippen LogP contribution < -0.4 is 19.5 Å². The Labute approximate surface area is 228 Å². The zero-order valence-electron chi connectivity index (χ0n) is 22.8. The molecule has 0 saturated heterocycles. The van der Waals surface area contributed by atoms with E-state index >= 15 is 0 Å². The Balaban J connectivity index is 1.53. The van der Waals surface area contributed by atoms with Crippen LogP contribution in [0.5, 0.6) is 17.2 Å². The number of carbonyl (C=O) groups is 2. The second-order valence-electron chi connectivity index (χ2n) is 10.5. The van der Waals surface area contributed by atoms with Gasteiger partial charge in [0, 0.05) is 31.6 Å². The summed E-state index contributed by atoms with van der Waals surface area (Å²) in [6.07, 6.45) is 0.0159. The van der Waals surface area contributed by atoms with Crippen molar-refractivity contribution in [3.05, 3.63) is 53.6 Å². The molecule has 0 aliphatic carbocycles. The van der Waals surface area contributed by atoms with Crippen LogP contribution in [0.3, 0.4) is 0 Å². The highest BCUT2D eigenvalue weighted by Gasteiger charge is 2.50. The fraction of sp³-hybridized carbons (Fsp3) is 0.483. The summed E-state index contributed by atoms with van der Waals surface area (Å²) in [6.45, 7) is 8.04. The molecule has 2 heterocycles. The first-order valence-electron chi connectivity index (χ1n) is 13.1. The lowest BCUT2D eigenvalue weighted by Gasteiger charge is -2.28. The van der Waals surface area contributed by atoms with Crippen LogP contribution in [0.1, 0.15) is 58.1 Å². The second kappa shape index (κ2) is 11.9. The summed E-state index contributed by atoms with van der Waals surface area (Å²) in [7, 11) is 0. The van der Waals surface area contributed by atoms with Gasteiger partial charge < -0.3 is 34.1 Å². The van der Waals surface area contributed by atoms with Crippen LogP contribution in [0.4, 0.5) is 0 Å². The minimum atomic E-state index is -1.33. The highest BCUT2D eigenvalue weighted by Crippen LogP contribution is 2.35. The molecule has 0 saturated carbocycles. The van der Waals surface area contributed by atoms with Gasteiger partial charge in [-0.3, -0.25) is 9.59 Å². The van der Waals surface area contributed by atoms with Gasteiger partial charge in [-0.25, -0.2) is 4.99 Å². The molecule has 1 amide bonds. The van der Waals surface area contributed by atoms with E-state index < -0.39 is 23.2 Å². The largest absolute Gasteiger partial charge is 0.494 e. The number of hydrogen-bond donors (Lipinski definition) is 2. The average Bonchev–Trinajstić information content (AvgIpc) is 3.50. The van der Waals surface area contributed by atoms with E-state index in [0.29, 0.717) is 41.7 Å². The van der Waals surface area contributed by atoms with Crippen LogP contribution in [-0.2, 0) is 25.6 Å². The van der Waals surface area contributed by atoms with Crippen molar-refractivity contribution in [3.63, 3.8) is 0 Å². The summed E-state index contributed by atoms with van der Waals surface area (Å²) < 4.78 is 28.0. The van der Waals surface area contributed by atoms with Crippen molar-refractivity contribution in [3.8, 4) is 17.2 Å². The normalized spacial score (nSPS) is 19.7. The molecule has 0 spiro atoms. The van der Waals surface area contributed by atoms with Crippen molar-refractivity contribution in [1.82, 2.24) is 5.32 Å². The Morgan fingerprint density at radius 2 is 1.87 bits per heavy atom. The van der Waals surface area contributed by atoms with Gasteiger partial charge in [-0.2, -0.15) is 0 Å². The van der Waals surface area contributed by atoms with E-state index in [1.807, 2.05) is 12.1 Å². The van der Waals surface area contributed by atoms with Crippen molar-refractivity contribution in [2.45, 2.75) is 70.7 Å². The maximum atomic E-state index is 13.7. The van der Waals surface area contributed by atoms with Crippen LogP contribution in [0, 0.1) is 0 Å². The fourth-order valence-corrected chi connectivity index (χ4v) is 4.32. The number of aliphatic hydroxyl groups is 1. The van der Waals surface area contributed by atoms with Crippen LogP contribution in [0.25, 0.3) is 0 Å². The third-order valence-electron chi connectivity index (χ3n) is 6.35. The van der Waals surface area contributed by atoms with Gasteiger partial charge in [0.15, 0.2) is 17.0 Å². The lowest BCUT2D eigenvalue weighted by molar-refractivity contribution is -0.155. The molecular formula is C29H36N2O8. The van der Waals surface area contributed by atoms with E-state index in [-0.39, 0.29) is 38.7 Å². The lowest BCUT2D eigenvalue weighted by Crippen LogP contribution is -2.51. The monoisotopic (exact) mass is 540 g/mol. The van der Waals surface area contributed by atoms with E-state index in [1.54, 1.807) is 58.0 Å². The number of nitrogens with zero attached hydrogens (tertiary/aromatic N) is 1. The number of fused-ring (bicyclic) bond motifs is 1. The summed E-state index contributed by atoms with van der Waals surface area (Å²) in [5.41, 5.74) is -0.459. The molecule has 2 atom stereocenters. The Morgan fingerprint density at radius 1 is 1.13 bits per heavy atom. The van der Waals surface area contributed by atoms with E-state index in [1.165, 1.54) is 0 Å². The first kappa shape index (κ1) is 28.2. The standard InChI is InChI=1S/C29H36N2O8/c1-19-29(13-12-25(33)39-28(2,3)4,27(34)30-17-20-6-11-23-24(16-20)37-18-36-23)31-26(38-19)21-7-9-22(10-8-21)35-15-5-14-32/h6-11,16,19,32H,5,12-15,17-18H2,1-4H3,(H,30,34)/t19-,29-/m1/s1. The molecule has 2 aromatic rings. The molecule has 2 aliphatic heterocycles. The number of aliphatic hydroxyl groups excluding tert-OH is 1. The summed E-state index contributed by atoms with van der Waals surface area (Å²) >= 11 is 0. The molecule has 39 heavy (non-hydrogen) atoms. The van der Waals surface area contributed by atoms with Gasteiger partial charge in [0.2, 0.25) is 12.7 Å². The summed E-state index contributed by atoms with van der Waals surface area (Å²) in [6, 6.07) is 12.6. The predicted molar refractivity (Wildman–Crippen MR) is 143 cm³/mol. The van der Waals surface area contributed by atoms with Gasteiger partial charge in [0.1, 0.15) is 17.5 Å². The van der Waals surface area contributed by atoms with Crippen LogP contribution in [0.2, 0.25) is 0 Å². The average molecular weight is 541 g/mol. The minimum absolute atomic E-state index is 0.00315. The Bertz CT molecular complexity index is 1200. The van der Waals surface area contributed by atoms with Gasteiger partial charge >= 0.3 is 5.97 Å². The number of benzene rings is 2. The van der Waals surface area contributed by atoms with Crippen molar-refractivity contribution < 1.29 is 38.4 Å². The van der Waals surface area contributed by atoms with Crippen molar-refractivity contribution in [1.29, 1.82) is 0 Å². The second-order valence-corrected chi connectivity index (χ2v) is 10.5. The number of amides is 1. The maximum Gasteiger partial charge on any atom is 0.306 e. The Morgan fingerprint density at radius 3 is 2.59 bits per heavy atom. The molecule has 10 nitrogen and oxygen atoms in total. The smallest absolute Gasteiger partial charge is 0.306 e. The van der Waals surface area contributed by atoms with Gasteiger partial charge in [0.05, 0.1) is 6.61 Å². The van der Waals surface area contributed by atoms with Crippen molar-refractivity contribution in [2.24, 2.45) is 4.99 Å². The fourth-order valence-electron chi connectivity index (χ4n) is 4.32.